The molecule has 0 bridgehead atoms. The summed E-state index contributed by atoms with van der Waals surface area (Å²) in [6.45, 7) is 0.448. The lowest BCUT2D eigenvalue weighted by Crippen LogP contribution is -2.65. The predicted octanol–water partition coefficient (Wildman–Crippen LogP) is 1.06. The third-order valence-electron chi connectivity index (χ3n) is 5.36. The molecule has 1 saturated heterocycles. The van der Waals surface area contributed by atoms with E-state index < -0.39 is 42.7 Å². The van der Waals surface area contributed by atoms with Crippen molar-refractivity contribution in [3.05, 3.63) is 71.8 Å². The number of amides is 1. The molecule has 3 N–H and O–H groups in total. The minimum atomic E-state index is -1.47. The van der Waals surface area contributed by atoms with Crippen molar-refractivity contribution < 1.29 is 29.6 Å². The van der Waals surface area contributed by atoms with Crippen molar-refractivity contribution in [2.24, 2.45) is 0 Å². The SMILES string of the molecule is O=C1O[C@H]2[C@H](O)[C@H](O)[C@H](O)[C@@H](OCc3ccccc3)[C@H]2N1Cc1ccccc1. The van der Waals surface area contributed by atoms with Gasteiger partial charge in [0.15, 0.2) is 6.10 Å². The Labute approximate surface area is 162 Å². The Morgan fingerprint density at radius 2 is 1.46 bits per heavy atom. The Kier molecular flexibility index (Phi) is 5.32. The van der Waals surface area contributed by atoms with E-state index in [0.29, 0.717) is 0 Å². The summed E-state index contributed by atoms with van der Waals surface area (Å²) < 4.78 is 11.3. The molecule has 1 aliphatic heterocycles. The van der Waals surface area contributed by atoms with Crippen molar-refractivity contribution in [1.29, 1.82) is 0 Å². The molecule has 7 heteroatoms. The molecule has 6 atom stereocenters. The van der Waals surface area contributed by atoms with E-state index >= 15 is 0 Å². The molecular weight excluding hydrogens is 362 g/mol. The van der Waals surface area contributed by atoms with Gasteiger partial charge in [0.05, 0.1) is 6.61 Å². The molecule has 0 spiro atoms. The van der Waals surface area contributed by atoms with E-state index in [1.54, 1.807) is 0 Å². The Hall–Kier alpha value is -2.45. The van der Waals surface area contributed by atoms with Crippen molar-refractivity contribution in [3.8, 4) is 0 Å². The first kappa shape index (κ1) is 18.9. The fraction of sp³-hybridized carbons (Fsp3) is 0.381. The maximum Gasteiger partial charge on any atom is 0.410 e. The van der Waals surface area contributed by atoms with Crippen molar-refractivity contribution in [1.82, 2.24) is 4.90 Å². The van der Waals surface area contributed by atoms with Gasteiger partial charge in [0.25, 0.3) is 0 Å². The molecular formula is C21H23NO6. The molecule has 148 valence electrons. The summed E-state index contributed by atoms with van der Waals surface area (Å²) in [6.07, 6.45) is -6.69. The zero-order chi connectivity index (χ0) is 19.7. The van der Waals surface area contributed by atoms with Gasteiger partial charge in [0.2, 0.25) is 0 Å². The Morgan fingerprint density at radius 1 is 0.857 bits per heavy atom. The second kappa shape index (κ2) is 7.89. The number of ether oxygens (including phenoxy) is 2. The van der Waals surface area contributed by atoms with Crippen LogP contribution in [0.3, 0.4) is 0 Å². The molecule has 0 radical (unpaired) electrons. The smallest absolute Gasteiger partial charge is 0.410 e. The Morgan fingerprint density at radius 3 is 2.11 bits per heavy atom. The minimum absolute atomic E-state index is 0.196. The Bertz CT molecular complexity index is 801. The highest BCUT2D eigenvalue weighted by Gasteiger charge is 2.58. The Balaban J connectivity index is 1.59. The van der Waals surface area contributed by atoms with Gasteiger partial charge < -0.3 is 24.8 Å². The van der Waals surface area contributed by atoms with Crippen LogP contribution in [0.25, 0.3) is 0 Å². The first-order chi connectivity index (χ1) is 13.6. The molecule has 1 saturated carbocycles. The standard InChI is InChI=1S/C21H23NO6/c23-16-17(24)19(27-12-14-9-5-2-6-10-14)15-20(18(16)25)28-21(26)22(15)11-13-7-3-1-4-8-13/h1-10,15-20,23-25H,11-12H2/t15-,16-,17+,18-,19+,20-/m1/s1. The van der Waals surface area contributed by atoms with Crippen LogP contribution in [0.4, 0.5) is 4.79 Å². The zero-order valence-corrected chi connectivity index (χ0v) is 15.2. The van der Waals surface area contributed by atoms with Crippen LogP contribution in [0.15, 0.2) is 60.7 Å². The molecule has 7 nitrogen and oxygen atoms in total. The van der Waals surface area contributed by atoms with Gasteiger partial charge in [-0.25, -0.2) is 4.79 Å². The van der Waals surface area contributed by atoms with E-state index in [-0.39, 0.29) is 13.2 Å². The number of benzene rings is 2. The highest BCUT2D eigenvalue weighted by atomic mass is 16.6. The first-order valence-corrected chi connectivity index (χ1v) is 9.27. The lowest BCUT2D eigenvalue weighted by Gasteiger charge is -2.43. The van der Waals surface area contributed by atoms with Gasteiger partial charge in [-0.3, -0.25) is 4.90 Å². The number of carbonyl (C=O) groups excluding carboxylic acids is 1. The average Bonchev–Trinajstić information content (AvgIpc) is 3.04. The number of rotatable bonds is 5. The average molecular weight is 385 g/mol. The summed E-state index contributed by atoms with van der Waals surface area (Å²) in [5.74, 6) is 0. The summed E-state index contributed by atoms with van der Waals surface area (Å²) >= 11 is 0. The van der Waals surface area contributed by atoms with Gasteiger partial charge in [-0.2, -0.15) is 0 Å². The number of fused-ring (bicyclic) bond motifs is 1. The quantitative estimate of drug-likeness (QED) is 0.712. The van der Waals surface area contributed by atoms with Crippen molar-refractivity contribution >= 4 is 6.09 Å². The molecule has 2 aromatic carbocycles. The van der Waals surface area contributed by atoms with Crippen LogP contribution in [0.5, 0.6) is 0 Å². The summed E-state index contributed by atoms with van der Waals surface area (Å²) in [6, 6.07) is 18.1. The monoisotopic (exact) mass is 385 g/mol. The van der Waals surface area contributed by atoms with Crippen LogP contribution in [0, 0.1) is 0 Å². The van der Waals surface area contributed by atoms with Gasteiger partial charge in [-0.1, -0.05) is 60.7 Å². The third-order valence-corrected chi connectivity index (χ3v) is 5.36. The van der Waals surface area contributed by atoms with Crippen LogP contribution in [0.2, 0.25) is 0 Å². The topological polar surface area (TPSA) is 99.5 Å². The lowest BCUT2D eigenvalue weighted by molar-refractivity contribution is -0.199. The van der Waals surface area contributed by atoms with Gasteiger partial charge in [0, 0.05) is 6.54 Å². The fourth-order valence-corrected chi connectivity index (χ4v) is 3.90. The van der Waals surface area contributed by atoms with E-state index in [1.807, 2.05) is 60.7 Å². The second-order valence-electron chi connectivity index (χ2n) is 7.19. The fourth-order valence-electron chi connectivity index (χ4n) is 3.90. The maximum atomic E-state index is 12.5. The molecule has 2 aliphatic rings. The predicted molar refractivity (Wildman–Crippen MR) is 99.1 cm³/mol. The third kappa shape index (κ3) is 3.49. The van der Waals surface area contributed by atoms with E-state index in [1.165, 1.54) is 4.90 Å². The molecule has 2 aromatic rings. The van der Waals surface area contributed by atoms with E-state index in [9.17, 15) is 20.1 Å². The molecule has 0 unspecified atom stereocenters. The normalized spacial score (nSPS) is 32.1. The van der Waals surface area contributed by atoms with Gasteiger partial charge in [0.1, 0.15) is 30.5 Å². The van der Waals surface area contributed by atoms with Crippen LogP contribution < -0.4 is 0 Å². The van der Waals surface area contributed by atoms with Gasteiger partial charge in [-0.05, 0) is 11.1 Å². The molecule has 0 aromatic heterocycles. The van der Waals surface area contributed by atoms with Gasteiger partial charge in [-0.15, -0.1) is 0 Å². The van der Waals surface area contributed by atoms with Crippen molar-refractivity contribution in [3.63, 3.8) is 0 Å². The van der Waals surface area contributed by atoms with E-state index in [2.05, 4.69) is 0 Å². The summed E-state index contributed by atoms with van der Waals surface area (Å²) in [4.78, 5) is 13.9. The molecule has 1 heterocycles. The maximum absolute atomic E-state index is 12.5. The number of hydrogen-bond donors (Lipinski definition) is 3. The van der Waals surface area contributed by atoms with Crippen molar-refractivity contribution in [2.75, 3.05) is 0 Å². The first-order valence-electron chi connectivity index (χ1n) is 9.27. The van der Waals surface area contributed by atoms with Crippen molar-refractivity contribution in [2.45, 2.75) is 49.7 Å². The highest BCUT2D eigenvalue weighted by Crippen LogP contribution is 2.36. The molecule has 4 rings (SSSR count). The number of aliphatic hydroxyl groups is 3. The second-order valence-corrected chi connectivity index (χ2v) is 7.19. The van der Waals surface area contributed by atoms with Crippen LogP contribution >= 0.6 is 0 Å². The van der Waals surface area contributed by atoms with Crippen LogP contribution in [-0.4, -0.2) is 62.9 Å². The van der Waals surface area contributed by atoms with Crippen LogP contribution in [0.1, 0.15) is 11.1 Å². The molecule has 2 fully saturated rings. The number of aliphatic hydroxyl groups excluding tert-OH is 3. The number of carbonyl (C=O) groups is 1. The number of nitrogens with zero attached hydrogens (tertiary/aromatic N) is 1. The van der Waals surface area contributed by atoms with Gasteiger partial charge >= 0.3 is 6.09 Å². The summed E-state index contributed by atoms with van der Waals surface area (Å²) in [7, 11) is 0. The minimum Gasteiger partial charge on any atom is -0.441 e. The summed E-state index contributed by atoms with van der Waals surface area (Å²) in [5.41, 5.74) is 1.78. The highest BCUT2D eigenvalue weighted by molar-refractivity contribution is 5.71. The molecule has 1 amide bonds. The summed E-state index contributed by atoms with van der Waals surface area (Å²) in [5, 5.41) is 31.2. The lowest BCUT2D eigenvalue weighted by atomic mass is 9.82. The van der Waals surface area contributed by atoms with Crippen LogP contribution in [-0.2, 0) is 22.6 Å². The molecule has 1 aliphatic carbocycles. The number of hydrogen-bond acceptors (Lipinski definition) is 6. The zero-order valence-electron chi connectivity index (χ0n) is 15.2. The largest absolute Gasteiger partial charge is 0.441 e. The van der Waals surface area contributed by atoms with E-state index in [4.69, 9.17) is 9.47 Å². The van der Waals surface area contributed by atoms with E-state index in [0.717, 1.165) is 11.1 Å². The molecule has 28 heavy (non-hydrogen) atoms.